The number of halogens is 1. The molecule has 0 fully saturated rings. The van der Waals surface area contributed by atoms with E-state index in [9.17, 15) is 0 Å². The van der Waals surface area contributed by atoms with Gasteiger partial charge in [-0.1, -0.05) is 0 Å². The van der Waals surface area contributed by atoms with Crippen LogP contribution in [0.3, 0.4) is 0 Å². The first-order valence-electron chi connectivity index (χ1n) is 4.04. The van der Waals surface area contributed by atoms with E-state index in [1.54, 1.807) is 12.4 Å². The molecule has 2 rings (SSSR count). The van der Waals surface area contributed by atoms with Gasteiger partial charge in [0.1, 0.15) is 6.33 Å². The van der Waals surface area contributed by atoms with Crippen molar-refractivity contribution in [1.82, 2.24) is 20.2 Å². The minimum atomic E-state index is 0.422. The van der Waals surface area contributed by atoms with Crippen molar-refractivity contribution >= 4 is 11.6 Å². The minimum Gasteiger partial charge on any atom is -0.421 e. The predicted molar refractivity (Wildman–Crippen MR) is 49.7 cm³/mol. The van der Waals surface area contributed by atoms with Crippen LogP contribution in [-0.2, 0) is 6.42 Å². The Balaban J connectivity index is 2.25. The highest BCUT2D eigenvalue weighted by atomic mass is 35.5. The first-order chi connectivity index (χ1) is 6.90. The second-order valence-electron chi connectivity index (χ2n) is 2.57. The zero-order valence-corrected chi connectivity index (χ0v) is 7.98. The molecule has 0 saturated carbocycles. The third kappa shape index (κ3) is 1.88. The topological polar surface area (TPSA) is 64.7 Å². The monoisotopic (exact) mass is 210 g/mol. The van der Waals surface area contributed by atoms with Gasteiger partial charge in [-0.3, -0.25) is 0 Å². The zero-order valence-electron chi connectivity index (χ0n) is 7.22. The maximum atomic E-state index is 5.54. The smallest absolute Gasteiger partial charge is 0.250 e. The predicted octanol–water partition coefficient (Wildman–Crippen LogP) is 1.31. The van der Waals surface area contributed by atoms with Crippen molar-refractivity contribution in [3.63, 3.8) is 0 Å². The first-order valence-corrected chi connectivity index (χ1v) is 4.57. The third-order valence-corrected chi connectivity index (χ3v) is 1.77. The quantitative estimate of drug-likeness (QED) is 0.715. The molecule has 0 aliphatic rings. The van der Waals surface area contributed by atoms with Crippen LogP contribution < -0.4 is 0 Å². The van der Waals surface area contributed by atoms with Crippen LogP contribution in [0.2, 0.25) is 0 Å². The molecule has 2 aromatic heterocycles. The molecule has 6 heteroatoms. The Morgan fingerprint density at radius 1 is 1.21 bits per heavy atom. The van der Waals surface area contributed by atoms with Crippen LogP contribution >= 0.6 is 11.6 Å². The number of aryl methyl sites for hydroxylation is 1. The Kier molecular flexibility index (Phi) is 2.69. The Morgan fingerprint density at radius 2 is 2.00 bits per heavy atom. The van der Waals surface area contributed by atoms with Crippen molar-refractivity contribution in [2.75, 3.05) is 5.88 Å². The van der Waals surface area contributed by atoms with E-state index in [2.05, 4.69) is 20.2 Å². The largest absolute Gasteiger partial charge is 0.421 e. The fraction of sp³-hybridized carbons (Fsp3) is 0.250. The van der Waals surface area contributed by atoms with Crippen LogP contribution in [0.15, 0.2) is 23.1 Å². The second-order valence-corrected chi connectivity index (χ2v) is 2.95. The number of hydrogen-bond acceptors (Lipinski definition) is 5. The molecule has 0 aliphatic carbocycles. The van der Waals surface area contributed by atoms with Crippen LogP contribution in [0.1, 0.15) is 5.89 Å². The van der Waals surface area contributed by atoms with Gasteiger partial charge in [0, 0.05) is 24.7 Å². The Morgan fingerprint density at radius 3 is 2.71 bits per heavy atom. The summed E-state index contributed by atoms with van der Waals surface area (Å²) in [6.07, 6.45) is 5.25. The average molecular weight is 211 g/mol. The lowest BCUT2D eigenvalue weighted by molar-refractivity contribution is 0.513. The zero-order chi connectivity index (χ0) is 9.80. The molecule has 2 heterocycles. The molecule has 0 aliphatic heterocycles. The standard InChI is InChI=1S/C8H7ClN4O/c9-2-1-7-12-13-8(14-7)6-3-10-5-11-4-6/h3-5H,1-2H2. The van der Waals surface area contributed by atoms with E-state index < -0.39 is 0 Å². The number of aromatic nitrogens is 4. The van der Waals surface area contributed by atoms with E-state index in [1.807, 2.05) is 0 Å². The summed E-state index contributed by atoms with van der Waals surface area (Å²) in [7, 11) is 0. The maximum Gasteiger partial charge on any atom is 0.250 e. The van der Waals surface area contributed by atoms with Crippen LogP contribution in [0.25, 0.3) is 11.5 Å². The molecule has 5 nitrogen and oxygen atoms in total. The Hall–Kier alpha value is -1.49. The maximum absolute atomic E-state index is 5.54. The molecule has 0 amide bonds. The molecule has 0 unspecified atom stereocenters. The van der Waals surface area contributed by atoms with Gasteiger partial charge in [-0.15, -0.1) is 21.8 Å². The summed E-state index contributed by atoms with van der Waals surface area (Å²) in [6.45, 7) is 0. The van der Waals surface area contributed by atoms with Gasteiger partial charge < -0.3 is 4.42 Å². The molecule has 14 heavy (non-hydrogen) atoms. The summed E-state index contributed by atoms with van der Waals surface area (Å²) >= 11 is 5.54. The highest BCUT2D eigenvalue weighted by molar-refractivity contribution is 6.17. The normalized spacial score (nSPS) is 10.4. The van der Waals surface area contributed by atoms with Crippen molar-refractivity contribution in [2.45, 2.75) is 6.42 Å². The van der Waals surface area contributed by atoms with E-state index in [4.69, 9.17) is 16.0 Å². The van der Waals surface area contributed by atoms with Crippen molar-refractivity contribution < 1.29 is 4.42 Å². The van der Waals surface area contributed by atoms with Crippen molar-refractivity contribution in [3.8, 4) is 11.5 Å². The van der Waals surface area contributed by atoms with Crippen molar-refractivity contribution in [3.05, 3.63) is 24.6 Å². The summed E-state index contributed by atoms with van der Waals surface area (Å²) in [5.74, 6) is 1.41. The molecule has 0 atom stereocenters. The fourth-order valence-electron chi connectivity index (χ4n) is 0.962. The summed E-state index contributed by atoms with van der Waals surface area (Å²) < 4.78 is 5.32. The molecule has 0 N–H and O–H groups in total. The van der Waals surface area contributed by atoms with Crippen LogP contribution in [-0.4, -0.2) is 26.0 Å². The molecular formula is C8H7ClN4O. The third-order valence-electron chi connectivity index (χ3n) is 1.58. The number of nitrogens with zero attached hydrogens (tertiary/aromatic N) is 4. The van der Waals surface area contributed by atoms with Gasteiger partial charge in [-0.25, -0.2) is 9.97 Å². The molecule has 0 aromatic carbocycles. The fourth-order valence-corrected chi connectivity index (χ4v) is 1.12. The average Bonchev–Trinajstić information content (AvgIpc) is 2.68. The lowest BCUT2D eigenvalue weighted by atomic mass is 10.3. The van der Waals surface area contributed by atoms with Crippen molar-refractivity contribution in [2.24, 2.45) is 0 Å². The van der Waals surface area contributed by atoms with Gasteiger partial charge in [0.2, 0.25) is 5.89 Å². The van der Waals surface area contributed by atoms with E-state index in [-0.39, 0.29) is 0 Å². The van der Waals surface area contributed by atoms with Crippen LogP contribution in [0.4, 0.5) is 0 Å². The lowest BCUT2D eigenvalue weighted by Crippen LogP contribution is -1.84. The van der Waals surface area contributed by atoms with E-state index >= 15 is 0 Å². The van der Waals surface area contributed by atoms with E-state index in [0.717, 1.165) is 0 Å². The minimum absolute atomic E-state index is 0.422. The second kappa shape index (κ2) is 4.15. The van der Waals surface area contributed by atoms with Gasteiger partial charge in [-0.2, -0.15) is 0 Å². The summed E-state index contributed by atoms with van der Waals surface area (Å²) in [5, 5.41) is 7.68. The summed E-state index contributed by atoms with van der Waals surface area (Å²) in [4.78, 5) is 7.70. The molecule has 2 aromatic rings. The van der Waals surface area contributed by atoms with E-state index in [0.29, 0.717) is 29.6 Å². The molecular weight excluding hydrogens is 204 g/mol. The summed E-state index contributed by atoms with van der Waals surface area (Å²) in [5.41, 5.74) is 0.709. The summed E-state index contributed by atoms with van der Waals surface area (Å²) in [6, 6.07) is 0. The van der Waals surface area contributed by atoms with Crippen LogP contribution in [0, 0.1) is 0 Å². The SMILES string of the molecule is ClCCc1nnc(-c2cncnc2)o1. The van der Waals surface area contributed by atoms with Gasteiger partial charge in [-0.05, 0) is 0 Å². The van der Waals surface area contributed by atoms with Gasteiger partial charge in [0.25, 0.3) is 5.89 Å². The molecule has 0 bridgehead atoms. The van der Waals surface area contributed by atoms with Gasteiger partial charge >= 0.3 is 0 Å². The van der Waals surface area contributed by atoms with Gasteiger partial charge in [0.15, 0.2) is 0 Å². The number of alkyl halides is 1. The Labute approximate surface area is 85.2 Å². The number of hydrogen-bond donors (Lipinski definition) is 0. The highest BCUT2D eigenvalue weighted by Crippen LogP contribution is 2.15. The van der Waals surface area contributed by atoms with E-state index in [1.165, 1.54) is 6.33 Å². The molecule has 0 radical (unpaired) electrons. The van der Waals surface area contributed by atoms with Crippen LogP contribution in [0.5, 0.6) is 0 Å². The molecule has 72 valence electrons. The molecule has 0 saturated heterocycles. The van der Waals surface area contributed by atoms with Gasteiger partial charge in [0.05, 0.1) is 5.56 Å². The Bertz CT molecular complexity index is 403. The first kappa shape index (κ1) is 9.08. The lowest BCUT2D eigenvalue weighted by Gasteiger charge is -1.90. The molecule has 0 spiro atoms. The number of rotatable bonds is 3. The van der Waals surface area contributed by atoms with Crippen molar-refractivity contribution in [1.29, 1.82) is 0 Å². The highest BCUT2D eigenvalue weighted by Gasteiger charge is 2.07.